The Hall–Kier alpha value is -4.08. The molecular weight excluding hydrogens is 406 g/mol. The van der Waals surface area contributed by atoms with E-state index in [2.05, 4.69) is 16.0 Å². The van der Waals surface area contributed by atoms with Gasteiger partial charge in [-0.05, 0) is 43.7 Å². The zero-order valence-electron chi connectivity index (χ0n) is 16.9. The maximum Gasteiger partial charge on any atom is 0.325 e. The van der Waals surface area contributed by atoms with Crippen molar-refractivity contribution in [3.63, 3.8) is 0 Å². The number of nitrogens with one attached hydrogen (secondary N) is 3. The van der Waals surface area contributed by atoms with Crippen LogP contribution in [0.1, 0.15) is 21.5 Å². The van der Waals surface area contributed by atoms with E-state index in [0.717, 1.165) is 11.1 Å². The quantitative estimate of drug-likeness (QED) is 0.597. The predicted molar refractivity (Wildman–Crippen MR) is 109 cm³/mol. The van der Waals surface area contributed by atoms with Crippen LogP contribution in [0.4, 0.5) is 10.5 Å². The van der Waals surface area contributed by atoms with Gasteiger partial charge in [0.2, 0.25) is 6.79 Å². The lowest BCUT2D eigenvalue weighted by atomic mass is 10.1. The number of rotatable bonds is 6. The van der Waals surface area contributed by atoms with E-state index in [1.54, 1.807) is 12.1 Å². The Labute approximate surface area is 177 Å². The third kappa shape index (κ3) is 5.95. The summed E-state index contributed by atoms with van der Waals surface area (Å²) in [5, 5.41) is 6.98. The van der Waals surface area contributed by atoms with Crippen LogP contribution >= 0.6 is 0 Å². The van der Waals surface area contributed by atoms with E-state index in [0.29, 0.717) is 17.2 Å². The minimum atomic E-state index is -0.834. The zero-order chi connectivity index (χ0) is 22.4. The van der Waals surface area contributed by atoms with Gasteiger partial charge in [-0.2, -0.15) is 0 Å². The molecule has 10 heteroatoms. The SMILES string of the molecule is Cc1ccc(NC(=O)NC(=O)COC(=O)CNC(=O)c2ccc3c(c2)OCO3)c(C)c1. The summed E-state index contributed by atoms with van der Waals surface area (Å²) in [4.78, 5) is 47.6. The molecule has 0 aromatic heterocycles. The minimum Gasteiger partial charge on any atom is -0.454 e. The van der Waals surface area contributed by atoms with Crippen molar-refractivity contribution in [2.75, 3.05) is 25.3 Å². The zero-order valence-corrected chi connectivity index (χ0v) is 16.9. The molecule has 1 aliphatic heterocycles. The number of ether oxygens (including phenoxy) is 3. The van der Waals surface area contributed by atoms with E-state index in [9.17, 15) is 19.2 Å². The molecule has 162 valence electrons. The molecule has 0 bridgehead atoms. The number of imide groups is 1. The number of carbonyl (C=O) groups is 4. The number of amides is 4. The van der Waals surface area contributed by atoms with Crippen LogP contribution in [0.25, 0.3) is 0 Å². The number of benzene rings is 2. The molecule has 0 saturated heterocycles. The summed E-state index contributed by atoms with van der Waals surface area (Å²) in [5.74, 6) is -1.20. The number of anilines is 1. The summed E-state index contributed by atoms with van der Waals surface area (Å²) in [6.07, 6.45) is 0. The van der Waals surface area contributed by atoms with Crippen LogP contribution in [0.5, 0.6) is 11.5 Å². The molecule has 0 radical (unpaired) electrons. The Bertz CT molecular complexity index is 1040. The maximum atomic E-state index is 12.1. The molecule has 10 nitrogen and oxygen atoms in total. The van der Waals surface area contributed by atoms with Gasteiger partial charge in [0, 0.05) is 11.3 Å². The number of hydrogen-bond acceptors (Lipinski definition) is 7. The number of hydrogen-bond donors (Lipinski definition) is 3. The van der Waals surface area contributed by atoms with Crippen LogP contribution < -0.4 is 25.4 Å². The van der Waals surface area contributed by atoms with Crippen molar-refractivity contribution >= 4 is 29.5 Å². The second-order valence-corrected chi connectivity index (χ2v) is 6.73. The molecule has 0 saturated carbocycles. The van der Waals surface area contributed by atoms with Gasteiger partial charge in [-0.15, -0.1) is 0 Å². The highest BCUT2D eigenvalue weighted by Gasteiger charge is 2.17. The number of urea groups is 1. The standard InChI is InChI=1S/C21H21N3O7/c1-12-3-5-15(13(2)7-12)23-21(28)24-18(25)10-29-19(26)9-22-20(27)14-4-6-16-17(8-14)31-11-30-16/h3-8H,9-11H2,1-2H3,(H,22,27)(H2,23,24,25,28). The summed E-state index contributed by atoms with van der Waals surface area (Å²) in [6, 6.07) is 9.28. The van der Waals surface area contributed by atoms with Gasteiger partial charge in [0.05, 0.1) is 0 Å². The molecule has 1 aliphatic rings. The van der Waals surface area contributed by atoms with Crippen molar-refractivity contribution in [2.45, 2.75) is 13.8 Å². The fraction of sp³-hybridized carbons (Fsp3) is 0.238. The van der Waals surface area contributed by atoms with Gasteiger partial charge in [0.15, 0.2) is 18.1 Å². The first kappa shape index (κ1) is 21.6. The molecule has 31 heavy (non-hydrogen) atoms. The van der Waals surface area contributed by atoms with E-state index in [-0.39, 0.29) is 12.4 Å². The molecule has 2 aromatic rings. The number of aryl methyl sites for hydroxylation is 2. The van der Waals surface area contributed by atoms with Crippen molar-refractivity contribution in [1.29, 1.82) is 0 Å². The summed E-state index contributed by atoms with van der Waals surface area (Å²) in [6.45, 7) is 2.71. The van der Waals surface area contributed by atoms with E-state index in [1.165, 1.54) is 12.1 Å². The lowest BCUT2D eigenvalue weighted by molar-refractivity contribution is -0.147. The number of fused-ring (bicyclic) bond motifs is 1. The average molecular weight is 427 g/mol. The molecular formula is C21H21N3O7. The molecule has 3 N–H and O–H groups in total. The van der Waals surface area contributed by atoms with Crippen LogP contribution in [0.2, 0.25) is 0 Å². The molecule has 4 amide bonds. The second kappa shape index (κ2) is 9.61. The van der Waals surface area contributed by atoms with Crippen molar-refractivity contribution < 1.29 is 33.4 Å². The molecule has 0 atom stereocenters. The van der Waals surface area contributed by atoms with E-state index < -0.39 is 37.0 Å². The van der Waals surface area contributed by atoms with Crippen LogP contribution in [0, 0.1) is 13.8 Å². The van der Waals surface area contributed by atoms with Gasteiger partial charge < -0.3 is 24.8 Å². The first-order chi connectivity index (χ1) is 14.8. The van der Waals surface area contributed by atoms with E-state index in [4.69, 9.17) is 14.2 Å². The Kier molecular flexibility index (Phi) is 6.71. The highest BCUT2D eigenvalue weighted by Crippen LogP contribution is 2.32. The van der Waals surface area contributed by atoms with Crippen LogP contribution in [0.15, 0.2) is 36.4 Å². The first-order valence-electron chi connectivity index (χ1n) is 9.33. The summed E-state index contributed by atoms with van der Waals surface area (Å²) in [7, 11) is 0. The fourth-order valence-corrected chi connectivity index (χ4v) is 2.76. The van der Waals surface area contributed by atoms with Crippen molar-refractivity contribution in [1.82, 2.24) is 10.6 Å². The summed E-state index contributed by atoms with van der Waals surface area (Å²) in [5.41, 5.74) is 2.71. The topological polar surface area (TPSA) is 132 Å². The Morgan fingerprint density at radius 1 is 1.00 bits per heavy atom. The largest absolute Gasteiger partial charge is 0.454 e. The third-order valence-corrected chi connectivity index (χ3v) is 4.28. The van der Waals surface area contributed by atoms with Gasteiger partial charge in [0.1, 0.15) is 6.54 Å². The summed E-state index contributed by atoms with van der Waals surface area (Å²) >= 11 is 0. The van der Waals surface area contributed by atoms with Gasteiger partial charge in [-0.25, -0.2) is 4.79 Å². The first-order valence-corrected chi connectivity index (χ1v) is 9.33. The van der Waals surface area contributed by atoms with E-state index in [1.807, 2.05) is 26.0 Å². The van der Waals surface area contributed by atoms with Crippen molar-refractivity contribution in [3.8, 4) is 11.5 Å². The Morgan fingerprint density at radius 2 is 1.77 bits per heavy atom. The highest BCUT2D eigenvalue weighted by molar-refractivity contribution is 6.02. The summed E-state index contributed by atoms with van der Waals surface area (Å²) < 4.78 is 15.1. The Balaban J connectivity index is 1.38. The van der Waals surface area contributed by atoms with Gasteiger partial charge in [-0.1, -0.05) is 17.7 Å². The molecule has 1 heterocycles. The van der Waals surface area contributed by atoms with Gasteiger partial charge in [-0.3, -0.25) is 19.7 Å². The molecule has 3 rings (SSSR count). The Morgan fingerprint density at radius 3 is 2.55 bits per heavy atom. The highest BCUT2D eigenvalue weighted by atomic mass is 16.7. The molecule has 0 fully saturated rings. The monoisotopic (exact) mass is 427 g/mol. The van der Waals surface area contributed by atoms with Crippen LogP contribution in [-0.4, -0.2) is 43.8 Å². The maximum absolute atomic E-state index is 12.1. The van der Waals surface area contributed by atoms with Crippen molar-refractivity contribution in [2.24, 2.45) is 0 Å². The smallest absolute Gasteiger partial charge is 0.325 e. The van der Waals surface area contributed by atoms with Crippen LogP contribution in [0.3, 0.4) is 0 Å². The normalized spacial score (nSPS) is 11.4. The number of carbonyl (C=O) groups excluding carboxylic acids is 4. The molecule has 0 spiro atoms. The molecule has 0 aliphatic carbocycles. The molecule has 0 unspecified atom stereocenters. The second-order valence-electron chi connectivity index (χ2n) is 6.73. The van der Waals surface area contributed by atoms with E-state index >= 15 is 0 Å². The van der Waals surface area contributed by atoms with Gasteiger partial charge >= 0.3 is 12.0 Å². The fourth-order valence-electron chi connectivity index (χ4n) is 2.76. The third-order valence-electron chi connectivity index (χ3n) is 4.28. The van der Waals surface area contributed by atoms with Crippen LogP contribution in [-0.2, 0) is 14.3 Å². The average Bonchev–Trinajstić information content (AvgIpc) is 3.20. The number of esters is 1. The minimum absolute atomic E-state index is 0.0808. The lowest BCUT2D eigenvalue weighted by Crippen LogP contribution is -2.38. The van der Waals surface area contributed by atoms with Gasteiger partial charge in [0.25, 0.3) is 11.8 Å². The molecule has 2 aromatic carbocycles. The predicted octanol–water partition coefficient (Wildman–Crippen LogP) is 1.65. The lowest BCUT2D eigenvalue weighted by Gasteiger charge is -2.10. The van der Waals surface area contributed by atoms with Crippen molar-refractivity contribution in [3.05, 3.63) is 53.1 Å².